The Bertz CT molecular complexity index is 810. The van der Waals surface area contributed by atoms with E-state index in [1.165, 1.54) is 0 Å². The minimum absolute atomic E-state index is 0.140. The highest BCUT2D eigenvalue weighted by Gasteiger charge is 2.05. The van der Waals surface area contributed by atoms with Gasteiger partial charge in [-0.2, -0.15) is 0 Å². The summed E-state index contributed by atoms with van der Waals surface area (Å²) in [7, 11) is 0. The standard InChI is InChI=1S/C17H15N3O/c18-13-6-4-5-12(9-13)16-10-15(11-19-17(16)21)20-14-7-2-1-3-8-14/h1-11,20H,18H2,(H,19,21). The summed E-state index contributed by atoms with van der Waals surface area (Å²) in [6.07, 6.45) is 1.66. The Labute approximate surface area is 122 Å². The molecular formula is C17H15N3O. The normalized spacial score (nSPS) is 10.3. The van der Waals surface area contributed by atoms with Crippen LogP contribution in [-0.4, -0.2) is 4.98 Å². The van der Waals surface area contributed by atoms with Crippen LogP contribution in [0.4, 0.5) is 17.1 Å². The van der Waals surface area contributed by atoms with Crippen molar-refractivity contribution < 1.29 is 0 Å². The van der Waals surface area contributed by atoms with Crippen LogP contribution in [0.5, 0.6) is 0 Å². The minimum Gasteiger partial charge on any atom is -0.399 e. The summed E-state index contributed by atoms with van der Waals surface area (Å²) >= 11 is 0. The van der Waals surface area contributed by atoms with Crippen molar-refractivity contribution in [3.8, 4) is 11.1 Å². The van der Waals surface area contributed by atoms with Gasteiger partial charge in [-0.05, 0) is 35.9 Å². The van der Waals surface area contributed by atoms with E-state index in [2.05, 4.69) is 10.3 Å². The van der Waals surface area contributed by atoms with Crippen LogP contribution in [0.25, 0.3) is 11.1 Å². The summed E-state index contributed by atoms with van der Waals surface area (Å²) in [4.78, 5) is 14.8. The number of para-hydroxylation sites is 1. The molecule has 0 atom stereocenters. The Morgan fingerprint density at radius 1 is 0.905 bits per heavy atom. The van der Waals surface area contributed by atoms with Crippen LogP contribution in [0.15, 0.2) is 71.7 Å². The van der Waals surface area contributed by atoms with Crippen molar-refractivity contribution in [2.24, 2.45) is 0 Å². The van der Waals surface area contributed by atoms with Gasteiger partial charge in [0.2, 0.25) is 0 Å². The second-order valence-corrected chi connectivity index (χ2v) is 4.75. The van der Waals surface area contributed by atoms with E-state index in [1.807, 2.05) is 48.5 Å². The number of nitrogen functional groups attached to an aromatic ring is 1. The van der Waals surface area contributed by atoms with Gasteiger partial charge in [0.05, 0.1) is 5.69 Å². The van der Waals surface area contributed by atoms with Crippen molar-refractivity contribution in [2.45, 2.75) is 0 Å². The van der Waals surface area contributed by atoms with E-state index in [4.69, 9.17) is 5.73 Å². The molecule has 1 aromatic heterocycles. The first-order chi connectivity index (χ1) is 10.2. The molecule has 4 N–H and O–H groups in total. The maximum atomic E-state index is 12.0. The fourth-order valence-corrected chi connectivity index (χ4v) is 2.16. The number of pyridine rings is 1. The van der Waals surface area contributed by atoms with Crippen LogP contribution in [-0.2, 0) is 0 Å². The predicted octanol–water partition coefficient (Wildman–Crippen LogP) is 3.37. The SMILES string of the molecule is Nc1cccc(-c2cc(Nc3ccccc3)c[nH]c2=O)c1. The van der Waals surface area contributed by atoms with Crippen molar-refractivity contribution in [3.63, 3.8) is 0 Å². The Morgan fingerprint density at radius 3 is 2.48 bits per heavy atom. The van der Waals surface area contributed by atoms with Gasteiger partial charge in [-0.15, -0.1) is 0 Å². The molecule has 0 radical (unpaired) electrons. The molecule has 3 rings (SSSR count). The van der Waals surface area contributed by atoms with Crippen LogP contribution in [0.2, 0.25) is 0 Å². The van der Waals surface area contributed by atoms with Gasteiger partial charge in [-0.3, -0.25) is 4.79 Å². The molecule has 0 saturated carbocycles. The highest BCUT2D eigenvalue weighted by Crippen LogP contribution is 2.22. The number of rotatable bonds is 3. The number of aromatic amines is 1. The summed E-state index contributed by atoms with van der Waals surface area (Å²) in [6.45, 7) is 0. The zero-order valence-electron chi connectivity index (χ0n) is 11.3. The van der Waals surface area contributed by atoms with Gasteiger partial charge in [0.15, 0.2) is 0 Å². The maximum Gasteiger partial charge on any atom is 0.255 e. The third kappa shape index (κ3) is 2.95. The van der Waals surface area contributed by atoms with Crippen LogP contribution >= 0.6 is 0 Å². The topological polar surface area (TPSA) is 70.9 Å². The summed E-state index contributed by atoms with van der Waals surface area (Å²) < 4.78 is 0. The molecule has 104 valence electrons. The highest BCUT2D eigenvalue weighted by atomic mass is 16.1. The molecule has 0 fully saturated rings. The van der Waals surface area contributed by atoms with E-state index in [0.717, 1.165) is 16.9 Å². The Balaban J connectivity index is 1.99. The van der Waals surface area contributed by atoms with Gasteiger partial charge < -0.3 is 16.0 Å². The summed E-state index contributed by atoms with van der Waals surface area (Å²) in [5.41, 5.74) is 9.44. The number of benzene rings is 2. The zero-order valence-corrected chi connectivity index (χ0v) is 11.3. The number of H-pyrrole nitrogens is 1. The predicted molar refractivity (Wildman–Crippen MR) is 86.6 cm³/mol. The van der Waals surface area contributed by atoms with Gasteiger partial charge in [0.25, 0.3) is 5.56 Å². The van der Waals surface area contributed by atoms with Crippen molar-refractivity contribution in [1.82, 2.24) is 4.98 Å². The Kier molecular flexibility index (Phi) is 3.43. The fourth-order valence-electron chi connectivity index (χ4n) is 2.16. The number of hydrogen-bond donors (Lipinski definition) is 3. The van der Waals surface area contributed by atoms with Crippen molar-refractivity contribution in [1.29, 1.82) is 0 Å². The van der Waals surface area contributed by atoms with E-state index in [1.54, 1.807) is 18.3 Å². The van der Waals surface area contributed by atoms with Crippen molar-refractivity contribution >= 4 is 17.1 Å². The van der Waals surface area contributed by atoms with Crippen molar-refractivity contribution in [3.05, 3.63) is 77.2 Å². The Hall–Kier alpha value is -3.01. The lowest BCUT2D eigenvalue weighted by molar-refractivity contribution is 1.24. The molecule has 2 aromatic carbocycles. The lowest BCUT2D eigenvalue weighted by Gasteiger charge is -2.08. The lowest BCUT2D eigenvalue weighted by atomic mass is 10.1. The van der Waals surface area contributed by atoms with E-state index >= 15 is 0 Å². The van der Waals surface area contributed by atoms with Gasteiger partial charge in [0.1, 0.15) is 0 Å². The summed E-state index contributed by atoms with van der Waals surface area (Å²) in [5.74, 6) is 0. The summed E-state index contributed by atoms with van der Waals surface area (Å²) in [6, 6.07) is 18.9. The first kappa shape index (κ1) is 13.0. The van der Waals surface area contributed by atoms with Crippen LogP contribution < -0.4 is 16.6 Å². The second kappa shape index (κ2) is 5.54. The molecule has 0 amide bonds. The number of anilines is 3. The maximum absolute atomic E-state index is 12.0. The molecule has 21 heavy (non-hydrogen) atoms. The molecule has 0 aliphatic rings. The smallest absolute Gasteiger partial charge is 0.255 e. The van der Waals surface area contributed by atoms with Gasteiger partial charge in [-0.1, -0.05) is 30.3 Å². The molecule has 4 heteroatoms. The van der Waals surface area contributed by atoms with Crippen LogP contribution in [0.3, 0.4) is 0 Å². The average Bonchev–Trinajstić information content (AvgIpc) is 2.50. The molecule has 1 heterocycles. The number of hydrogen-bond acceptors (Lipinski definition) is 3. The van der Waals surface area contributed by atoms with Gasteiger partial charge in [0, 0.05) is 23.1 Å². The zero-order chi connectivity index (χ0) is 14.7. The second-order valence-electron chi connectivity index (χ2n) is 4.75. The Morgan fingerprint density at radius 2 is 1.71 bits per heavy atom. The quantitative estimate of drug-likeness (QED) is 0.643. The number of nitrogens with two attached hydrogens (primary N) is 1. The van der Waals surface area contributed by atoms with E-state index in [9.17, 15) is 4.79 Å². The first-order valence-corrected chi connectivity index (χ1v) is 6.63. The molecule has 4 nitrogen and oxygen atoms in total. The molecular weight excluding hydrogens is 262 g/mol. The number of aromatic nitrogens is 1. The first-order valence-electron chi connectivity index (χ1n) is 6.63. The molecule has 0 aliphatic carbocycles. The molecule has 3 aromatic rings. The minimum atomic E-state index is -0.140. The van der Waals surface area contributed by atoms with Gasteiger partial charge in [-0.25, -0.2) is 0 Å². The average molecular weight is 277 g/mol. The van der Waals surface area contributed by atoms with E-state index in [0.29, 0.717) is 11.3 Å². The van der Waals surface area contributed by atoms with E-state index < -0.39 is 0 Å². The van der Waals surface area contributed by atoms with Crippen molar-refractivity contribution in [2.75, 3.05) is 11.1 Å². The van der Waals surface area contributed by atoms with E-state index in [-0.39, 0.29) is 5.56 Å². The fraction of sp³-hybridized carbons (Fsp3) is 0. The third-order valence-corrected chi connectivity index (χ3v) is 3.16. The molecule has 0 bridgehead atoms. The molecule has 0 saturated heterocycles. The molecule has 0 spiro atoms. The monoisotopic (exact) mass is 277 g/mol. The van der Waals surface area contributed by atoms with Crippen LogP contribution in [0.1, 0.15) is 0 Å². The summed E-state index contributed by atoms with van der Waals surface area (Å²) in [5, 5.41) is 3.25. The molecule has 0 unspecified atom stereocenters. The van der Waals surface area contributed by atoms with Gasteiger partial charge >= 0.3 is 0 Å². The lowest BCUT2D eigenvalue weighted by Crippen LogP contribution is -2.09. The largest absolute Gasteiger partial charge is 0.399 e. The number of nitrogens with one attached hydrogen (secondary N) is 2. The van der Waals surface area contributed by atoms with Crippen LogP contribution in [0, 0.1) is 0 Å². The third-order valence-electron chi connectivity index (χ3n) is 3.16. The molecule has 0 aliphatic heterocycles. The highest BCUT2D eigenvalue weighted by molar-refractivity contribution is 5.71.